The van der Waals surface area contributed by atoms with Crippen LogP contribution in [0.15, 0.2) is 5.38 Å². The van der Waals surface area contributed by atoms with Crippen LogP contribution in [0.4, 0.5) is 0 Å². The summed E-state index contributed by atoms with van der Waals surface area (Å²) in [6.45, 7) is 8.67. The summed E-state index contributed by atoms with van der Waals surface area (Å²) in [5.41, 5.74) is 0.988. The lowest BCUT2D eigenvalue weighted by molar-refractivity contribution is -0.122. The number of rotatable bonds is 3. The zero-order chi connectivity index (χ0) is 11.5. The van der Waals surface area contributed by atoms with Gasteiger partial charge in [-0.1, -0.05) is 20.8 Å². The molecule has 0 aromatic carbocycles. The molecule has 15 heavy (non-hydrogen) atoms. The SMILES string of the molecule is Cc1nc(CNC(=O)CC(C)(C)C)cs1. The van der Waals surface area contributed by atoms with Crippen molar-refractivity contribution in [1.82, 2.24) is 10.3 Å². The first-order valence-electron chi connectivity index (χ1n) is 5.04. The third-order valence-electron chi connectivity index (χ3n) is 1.82. The highest BCUT2D eigenvalue weighted by atomic mass is 32.1. The van der Waals surface area contributed by atoms with Gasteiger partial charge in [0.2, 0.25) is 5.91 Å². The monoisotopic (exact) mass is 226 g/mol. The third-order valence-corrected chi connectivity index (χ3v) is 2.65. The lowest BCUT2D eigenvalue weighted by atomic mass is 9.92. The predicted octanol–water partition coefficient (Wildman–Crippen LogP) is 2.50. The van der Waals surface area contributed by atoms with Crippen LogP contribution in [-0.4, -0.2) is 10.9 Å². The van der Waals surface area contributed by atoms with E-state index in [1.165, 1.54) is 0 Å². The average molecular weight is 226 g/mol. The van der Waals surface area contributed by atoms with Crippen LogP contribution >= 0.6 is 11.3 Å². The quantitative estimate of drug-likeness (QED) is 0.860. The second-order valence-electron chi connectivity index (χ2n) is 4.87. The Morgan fingerprint density at radius 2 is 2.20 bits per heavy atom. The van der Waals surface area contributed by atoms with E-state index in [2.05, 4.69) is 31.1 Å². The first-order chi connectivity index (χ1) is 6.87. The summed E-state index contributed by atoms with van der Waals surface area (Å²) >= 11 is 1.61. The van der Waals surface area contributed by atoms with Crippen LogP contribution in [0, 0.1) is 12.3 Å². The Kier molecular flexibility index (Phi) is 3.85. The van der Waals surface area contributed by atoms with E-state index in [0.29, 0.717) is 13.0 Å². The molecule has 0 saturated carbocycles. The first kappa shape index (κ1) is 12.2. The number of amides is 1. The fourth-order valence-electron chi connectivity index (χ4n) is 1.22. The Balaban J connectivity index is 2.35. The number of carbonyl (C=O) groups excluding carboxylic acids is 1. The van der Waals surface area contributed by atoms with Crippen molar-refractivity contribution in [3.8, 4) is 0 Å². The Morgan fingerprint density at radius 3 is 2.67 bits per heavy atom. The highest BCUT2D eigenvalue weighted by molar-refractivity contribution is 7.09. The van der Waals surface area contributed by atoms with Crippen molar-refractivity contribution >= 4 is 17.2 Å². The molecule has 0 fully saturated rings. The van der Waals surface area contributed by atoms with Crippen molar-refractivity contribution in [2.24, 2.45) is 5.41 Å². The van der Waals surface area contributed by atoms with Gasteiger partial charge in [0, 0.05) is 11.8 Å². The van der Waals surface area contributed by atoms with Crippen molar-refractivity contribution in [3.05, 3.63) is 16.1 Å². The van der Waals surface area contributed by atoms with Crippen molar-refractivity contribution in [2.75, 3.05) is 0 Å². The average Bonchev–Trinajstić information content (AvgIpc) is 2.45. The van der Waals surface area contributed by atoms with Gasteiger partial charge in [-0.2, -0.15) is 0 Å². The van der Waals surface area contributed by atoms with Gasteiger partial charge in [0.15, 0.2) is 0 Å². The minimum Gasteiger partial charge on any atom is -0.350 e. The van der Waals surface area contributed by atoms with Gasteiger partial charge in [-0.15, -0.1) is 11.3 Å². The normalized spacial score (nSPS) is 11.5. The number of hydrogen-bond donors (Lipinski definition) is 1. The van der Waals surface area contributed by atoms with E-state index in [1.54, 1.807) is 11.3 Å². The topological polar surface area (TPSA) is 42.0 Å². The molecule has 1 amide bonds. The van der Waals surface area contributed by atoms with Crippen LogP contribution in [0.2, 0.25) is 0 Å². The van der Waals surface area contributed by atoms with Crippen LogP contribution in [0.5, 0.6) is 0 Å². The van der Waals surface area contributed by atoms with Crippen molar-refractivity contribution in [1.29, 1.82) is 0 Å². The second kappa shape index (κ2) is 4.75. The summed E-state index contributed by atoms with van der Waals surface area (Å²) in [5.74, 6) is 0.0909. The molecule has 84 valence electrons. The molecule has 0 saturated heterocycles. The van der Waals surface area contributed by atoms with Crippen LogP contribution in [0.25, 0.3) is 0 Å². The largest absolute Gasteiger partial charge is 0.350 e. The third kappa shape index (κ3) is 4.93. The van der Waals surface area contributed by atoms with Gasteiger partial charge in [-0.25, -0.2) is 4.98 Å². The minimum atomic E-state index is 0.0437. The Labute approximate surface area is 94.9 Å². The van der Waals surface area contributed by atoms with Gasteiger partial charge < -0.3 is 5.32 Å². The first-order valence-corrected chi connectivity index (χ1v) is 5.92. The van der Waals surface area contributed by atoms with E-state index in [1.807, 2.05) is 12.3 Å². The van der Waals surface area contributed by atoms with E-state index >= 15 is 0 Å². The molecular weight excluding hydrogens is 208 g/mol. The van der Waals surface area contributed by atoms with E-state index < -0.39 is 0 Å². The Bertz CT molecular complexity index is 339. The molecule has 1 aromatic heterocycles. The number of aryl methyl sites for hydroxylation is 1. The minimum absolute atomic E-state index is 0.0437. The molecule has 1 N–H and O–H groups in total. The number of thiazole rings is 1. The molecule has 1 heterocycles. The number of hydrogen-bond acceptors (Lipinski definition) is 3. The van der Waals surface area contributed by atoms with E-state index in [4.69, 9.17) is 0 Å². The predicted molar refractivity (Wildman–Crippen MR) is 62.8 cm³/mol. The molecule has 3 nitrogen and oxygen atoms in total. The summed E-state index contributed by atoms with van der Waals surface area (Å²) in [7, 11) is 0. The smallest absolute Gasteiger partial charge is 0.220 e. The zero-order valence-corrected chi connectivity index (χ0v) is 10.6. The molecule has 0 aliphatic rings. The standard InChI is InChI=1S/C11H18N2OS/c1-8-13-9(7-15-8)6-12-10(14)5-11(2,3)4/h7H,5-6H2,1-4H3,(H,12,14). The molecule has 0 unspecified atom stereocenters. The summed E-state index contributed by atoms with van der Waals surface area (Å²) in [4.78, 5) is 15.8. The highest BCUT2D eigenvalue weighted by Crippen LogP contribution is 2.18. The van der Waals surface area contributed by atoms with E-state index in [-0.39, 0.29) is 11.3 Å². The molecule has 0 radical (unpaired) electrons. The Hall–Kier alpha value is -0.900. The second-order valence-corrected chi connectivity index (χ2v) is 5.93. The van der Waals surface area contributed by atoms with Crippen LogP contribution in [0.1, 0.15) is 37.9 Å². The fourth-order valence-corrected chi connectivity index (χ4v) is 1.84. The zero-order valence-electron chi connectivity index (χ0n) is 9.76. The van der Waals surface area contributed by atoms with Crippen molar-refractivity contribution in [2.45, 2.75) is 40.7 Å². The summed E-state index contributed by atoms with van der Waals surface area (Å²) < 4.78 is 0. The maximum Gasteiger partial charge on any atom is 0.220 e. The lowest BCUT2D eigenvalue weighted by Gasteiger charge is -2.16. The van der Waals surface area contributed by atoms with Crippen LogP contribution < -0.4 is 5.32 Å². The maximum atomic E-state index is 11.5. The number of carbonyl (C=O) groups is 1. The molecule has 0 aliphatic carbocycles. The number of aromatic nitrogens is 1. The Morgan fingerprint density at radius 1 is 1.53 bits per heavy atom. The van der Waals surface area contributed by atoms with Crippen LogP contribution in [-0.2, 0) is 11.3 Å². The van der Waals surface area contributed by atoms with Gasteiger partial charge >= 0.3 is 0 Å². The van der Waals surface area contributed by atoms with Gasteiger partial charge in [0.25, 0.3) is 0 Å². The van der Waals surface area contributed by atoms with Gasteiger partial charge in [0.05, 0.1) is 17.2 Å². The molecule has 0 atom stereocenters. The molecule has 4 heteroatoms. The molecule has 0 bridgehead atoms. The van der Waals surface area contributed by atoms with Gasteiger partial charge in [-0.05, 0) is 12.3 Å². The summed E-state index contributed by atoms with van der Waals surface area (Å²) in [5, 5.41) is 5.89. The van der Waals surface area contributed by atoms with Crippen LogP contribution in [0.3, 0.4) is 0 Å². The molecule has 1 rings (SSSR count). The molecular formula is C11H18N2OS. The summed E-state index contributed by atoms with van der Waals surface area (Å²) in [6, 6.07) is 0. The number of nitrogens with zero attached hydrogens (tertiary/aromatic N) is 1. The summed E-state index contributed by atoms with van der Waals surface area (Å²) in [6.07, 6.45) is 0.552. The van der Waals surface area contributed by atoms with E-state index in [0.717, 1.165) is 10.7 Å². The fraction of sp³-hybridized carbons (Fsp3) is 0.636. The van der Waals surface area contributed by atoms with Crippen molar-refractivity contribution in [3.63, 3.8) is 0 Å². The molecule has 0 aliphatic heterocycles. The van der Waals surface area contributed by atoms with Gasteiger partial charge in [-0.3, -0.25) is 4.79 Å². The highest BCUT2D eigenvalue weighted by Gasteiger charge is 2.15. The van der Waals surface area contributed by atoms with Gasteiger partial charge in [0.1, 0.15) is 0 Å². The van der Waals surface area contributed by atoms with Crippen molar-refractivity contribution < 1.29 is 4.79 Å². The maximum absolute atomic E-state index is 11.5. The number of nitrogens with one attached hydrogen (secondary N) is 1. The van der Waals surface area contributed by atoms with E-state index in [9.17, 15) is 4.79 Å². The molecule has 0 spiro atoms. The lowest BCUT2D eigenvalue weighted by Crippen LogP contribution is -2.27. The molecule has 1 aromatic rings.